The van der Waals surface area contributed by atoms with Gasteiger partial charge >= 0.3 is 0 Å². The summed E-state index contributed by atoms with van der Waals surface area (Å²) in [5, 5.41) is 3.65. The Hall–Kier alpha value is -0.480. The van der Waals surface area contributed by atoms with Crippen LogP contribution in [0.2, 0.25) is 0 Å². The fourth-order valence-corrected chi connectivity index (χ4v) is 2.34. The molecular formula is C13H23N. The predicted molar refractivity (Wildman–Crippen MR) is 62.1 cm³/mol. The fourth-order valence-electron chi connectivity index (χ4n) is 2.34. The Morgan fingerprint density at radius 2 is 2.21 bits per heavy atom. The molecular weight excluding hydrogens is 170 g/mol. The summed E-state index contributed by atoms with van der Waals surface area (Å²) >= 11 is 0. The van der Waals surface area contributed by atoms with Gasteiger partial charge in [0.15, 0.2) is 0 Å². The molecule has 1 nitrogen and oxygen atoms in total. The maximum Gasteiger partial charge on any atom is 0.0118 e. The molecule has 1 fully saturated rings. The molecule has 0 aromatic carbocycles. The van der Waals surface area contributed by atoms with Crippen molar-refractivity contribution in [3.63, 3.8) is 0 Å². The van der Waals surface area contributed by atoms with Crippen LogP contribution in [-0.2, 0) is 0 Å². The molecule has 0 aromatic rings. The van der Waals surface area contributed by atoms with Crippen LogP contribution in [0, 0.1) is 17.8 Å². The standard InChI is InChI=1S/C13H23N/c1-4-5-8-11-14-12-9-6-7-10-13(12,2)3/h1,12,14H,5-11H2,2-3H3. The predicted octanol–water partition coefficient (Wildman–Crippen LogP) is 2.96. The van der Waals surface area contributed by atoms with Crippen molar-refractivity contribution in [3.05, 3.63) is 0 Å². The van der Waals surface area contributed by atoms with Gasteiger partial charge in [0.05, 0.1) is 0 Å². The van der Waals surface area contributed by atoms with Gasteiger partial charge in [0.25, 0.3) is 0 Å². The Kier molecular flexibility index (Phi) is 4.48. The van der Waals surface area contributed by atoms with Crippen LogP contribution in [0.3, 0.4) is 0 Å². The van der Waals surface area contributed by atoms with E-state index in [1.165, 1.54) is 25.7 Å². The van der Waals surface area contributed by atoms with Crippen LogP contribution < -0.4 is 5.32 Å². The third-order valence-corrected chi connectivity index (χ3v) is 3.40. The van der Waals surface area contributed by atoms with E-state index in [0.29, 0.717) is 11.5 Å². The van der Waals surface area contributed by atoms with Crippen LogP contribution in [0.4, 0.5) is 0 Å². The van der Waals surface area contributed by atoms with Crippen LogP contribution in [0.5, 0.6) is 0 Å². The van der Waals surface area contributed by atoms with E-state index in [4.69, 9.17) is 6.42 Å². The van der Waals surface area contributed by atoms with E-state index in [9.17, 15) is 0 Å². The first-order valence-electron chi connectivity index (χ1n) is 5.83. The van der Waals surface area contributed by atoms with Crippen LogP contribution in [-0.4, -0.2) is 12.6 Å². The van der Waals surface area contributed by atoms with Crippen molar-refractivity contribution in [1.29, 1.82) is 0 Å². The summed E-state index contributed by atoms with van der Waals surface area (Å²) < 4.78 is 0. The molecule has 0 aliphatic heterocycles. The second-order valence-electron chi connectivity index (χ2n) is 5.05. The molecule has 1 heteroatoms. The van der Waals surface area contributed by atoms with Gasteiger partial charge in [0, 0.05) is 12.5 Å². The maximum absolute atomic E-state index is 5.22. The van der Waals surface area contributed by atoms with Crippen LogP contribution in [0.1, 0.15) is 52.4 Å². The highest BCUT2D eigenvalue weighted by molar-refractivity contribution is 4.88. The number of hydrogen-bond acceptors (Lipinski definition) is 1. The van der Waals surface area contributed by atoms with Gasteiger partial charge in [-0.3, -0.25) is 0 Å². The maximum atomic E-state index is 5.22. The SMILES string of the molecule is C#CCCCNC1CCCCC1(C)C. The Balaban J connectivity index is 2.24. The summed E-state index contributed by atoms with van der Waals surface area (Å²) in [4.78, 5) is 0. The summed E-state index contributed by atoms with van der Waals surface area (Å²) in [6.07, 6.45) is 12.7. The summed E-state index contributed by atoms with van der Waals surface area (Å²) in [5.41, 5.74) is 0.481. The lowest BCUT2D eigenvalue weighted by Gasteiger charge is -2.39. The van der Waals surface area contributed by atoms with Crippen molar-refractivity contribution >= 4 is 0 Å². The Labute approximate surface area is 88.7 Å². The van der Waals surface area contributed by atoms with Gasteiger partial charge in [0.2, 0.25) is 0 Å². The summed E-state index contributed by atoms with van der Waals surface area (Å²) in [5.74, 6) is 2.69. The minimum atomic E-state index is 0.481. The number of terminal acetylenes is 1. The molecule has 0 saturated heterocycles. The van der Waals surface area contributed by atoms with Crippen molar-refractivity contribution in [1.82, 2.24) is 5.32 Å². The van der Waals surface area contributed by atoms with E-state index >= 15 is 0 Å². The first-order chi connectivity index (χ1) is 6.67. The highest BCUT2D eigenvalue weighted by Gasteiger charge is 2.31. The minimum absolute atomic E-state index is 0.481. The number of rotatable bonds is 4. The molecule has 0 heterocycles. The van der Waals surface area contributed by atoms with Gasteiger partial charge in [-0.05, 0) is 31.2 Å². The molecule has 80 valence electrons. The smallest absolute Gasteiger partial charge is 0.0118 e. The van der Waals surface area contributed by atoms with E-state index in [2.05, 4.69) is 25.1 Å². The normalized spacial score (nSPS) is 25.6. The molecule has 0 aromatic heterocycles. The van der Waals surface area contributed by atoms with Crippen molar-refractivity contribution in [2.45, 2.75) is 58.4 Å². The largest absolute Gasteiger partial charge is 0.313 e. The number of nitrogens with one attached hydrogen (secondary N) is 1. The van der Waals surface area contributed by atoms with Gasteiger partial charge in [-0.1, -0.05) is 26.7 Å². The van der Waals surface area contributed by atoms with E-state index in [-0.39, 0.29) is 0 Å². The van der Waals surface area contributed by atoms with Crippen molar-refractivity contribution < 1.29 is 0 Å². The lowest BCUT2D eigenvalue weighted by atomic mass is 9.73. The first-order valence-corrected chi connectivity index (χ1v) is 5.83. The Morgan fingerprint density at radius 3 is 2.86 bits per heavy atom. The molecule has 1 unspecified atom stereocenters. The molecule has 1 saturated carbocycles. The highest BCUT2D eigenvalue weighted by atomic mass is 14.9. The zero-order valence-electron chi connectivity index (χ0n) is 9.60. The van der Waals surface area contributed by atoms with Gasteiger partial charge in [-0.2, -0.15) is 0 Å². The minimum Gasteiger partial charge on any atom is -0.313 e. The quantitative estimate of drug-likeness (QED) is 0.534. The van der Waals surface area contributed by atoms with Crippen molar-refractivity contribution in [3.8, 4) is 12.3 Å². The third-order valence-electron chi connectivity index (χ3n) is 3.40. The van der Waals surface area contributed by atoms with Gasteiger partial charge < -0.3 is 5.32 Å². The molecule has 0 radical (unpaired) electrons. The third kappa shape index (κ3) is 3.35. The Morgan fingerprint density at radius 1 is 1.43 bits per heavy atom. The monoisotopic (exact) mass is 193 g/mol. The topological polar surface area (TPSA) is 12.0 Å². The summed E-state index contributed by atoms with van der Waals surface area (Å²) in [6, 6.07) is 0.703. The molecule has 1 aliphatic carbocycles. The van der Waals surface area contributed by atoms with Gasteiger partial charge in [0.1, 0.15) is 0 Å². The van der Waals surface area contributed by atoms with Crippen LogP contribution in [0.15, 0.2) is 0 Å². The van der Waals surface area contributed by atoms with Crippen molar-refractivity contribution in [2.75, 3.05) is 6.54 Å². The molecule has 0 amide bonds. The molecule has 1 atom stereocenters. The van der Waals surface area contributed by atoms with Crippen LogP contribution in [0.25, 0.3) is 0 Å². The van der Waals surface area contributed by atoms with E-state index in [1.807, 2.05) is 0 Å². The van der Waals surface area contributed by atoms with E-state index in [1.54, 1.807) is 0 Å². The average molecular weight is 193 g/mol. The van der Waals surface area contributed by atoms with E-state index in [0.717, 1.165) is 19.4 Å². The number of unbranched alkanes of at least 4 members (excludes halogenated alkanes) is 1. The molecule has 14 heavy (non-hydrogen) atoms. The molecule has 1 rings (SSSR count). The second-order valence-corrected chi connectivity index (χ2v) is 5.05. The van der Waals surface area contributed by atoms with Gasteiger partial charge in [-0.25, -0.2) is 0 Å². The Bertz CT molecular complexity index is 200. The second kappa shape index (κ2) is 5.41. The highest BCUT2D eigenvalue weighted by Crippen LogP contribution is 2.35. The van der Waals surface area contributed by atoms with Gasteiger partial charge in [-0.15, -0.1) is 12.3 Å². The molecule has 1 aliphatic rings. The zero-order chi connectivity index (χ0) is 10.4. The molecule has 0 bridgehead atoms. The molecule has 0 spiro atoms. The summed E-state index contributed by atoms with van der Waals surface area (Å²) in [7, 11) is 0. The summed E-state index contributed by atoms with van der Waals surface area (Å²) in [6.45, 7) is 5.84. The zero-order valence-corrected chi connectivity index (χ0v) is 9.60. The molecule has 1 N–H and O–H groups in total. The fraction of sp³-hybridized carbons (Fsp3) is 0.846. The van der Waals surface area contributed by atoms with Crippen molar-refractivity contribution in [2.24, 2.45) is 5.41 Å². The first kappa shape index (κ1) is 11.6. The lowest BCUT2D eigenvalue weighted by molar-refractivity contribution is 0.168. The number of hydrogen-bond donors (Lipinski definition) is 1. The van der Waals surface area contributed by atoms with E-state index < -0.39 is 0 Å². The lowest BCUT2D eigenvalue weighted by Crippen LogP contribution is -2.44. The average Bonchev–Trinajstić information content (AvgIpc) is 2.14. The van der Waals surface area contributed by atoms with Crippen LogP contribution >= 0.6 is 0 Å².